The van der Waals surface area contributed by atoms with Gasteiger partial charge in [0.05, 0.1) is 10.6 Å². The fourth-order valence-corrected chi connectivity index (χ4v) is 5.73. The van der Waals surface area contributed by atoms with E-state index in [4.69, 9.17) is 16.3 Å². The van der Waals surface area contributed by atoms with Gasteiger partial charge in [0.15, 0.2) is 0 Å². The highest BCUT2D eigenvalue weighted by molar-refractivity contribution is 7.89. The molecule has 0 radical (unpaired) electrons. The number of benzene rings is 3. The van der Waals surface area contributed by atoms with Crippen molar-refractivity contribution in [3.05, 3.63) is 76.8 Å². The van der Waals surface area contributed by atoms with Crippen molar-refractivity contribution in [2.75, 3.05) is 13.1 Å². The third kappa shape index (κ3) is 4.21. The van der Waals surface area contributed by atoms with E-state index in [1.807, 2.05) is 42.5 Å². The predicted molar refractivity (Wildman–Crippen MR) is 117 cm³/mol. The molecule has 7 heteroatoms. The summed E-state index contributed by atoms with van der Waals surface area (Å²) in [5.41, 5.74) is 1.05. The van der Waals surface area contributed by atoms with Crippen LogP contribution in [-0.2, 0) is 21.4 Å². The number of ether oxygens (including phenoxy) is 1. The van der Waals surface area contributed by atoms with E-state index < -0.39 is 16.0 Å². The van der Waals surface area contributed by atoms with Crippen molar-refractivity contribution in [3.8, 4) is 0 Å². The van der Waals surface area contributed by atoms with E-state index in [2.05, 4.69) is 0 Å². The molecule has 0 bridgehead atoms. The van der Waals surface area contributed by atoms with E-state index in [1.54, 1.807) is 0 Å². The maximum Gasteiger partial charge on any atom is 0.338 e. The number of rotatable bonds is 5. The van der Waals surface area contributed by atoms with E-state index in [-0.39, 0.29) is 22.1 Å². The molecular weight excluding hydrogens is 422 g/mol. The quantitative estimate of drug-likeness (QED) is 0.519. The molecular formula is C23H22ClNO4S. The fraction of sp³-hybridized carbons (Fsp3) is 0.261. The number of carbonyl (C=O) groups is 1. The van der Waals surface area contributed by atoms with Crippen molar-refractivity contribution < 1.29 is 17.9 Å². The number of piperidine rings is 1. The predicted octanol–water partition coefficient (Wildman–Crippen LogP) is 5.02. The van der Waals surface area contributed by atoms with Crippen LogP contribution >= 0.6 is 11.6 Å². The van der Waals surface area contributed by atoms with Crippen molar-refractivity contribution in [1.29, 1.82) is 0 Å². The molecule has 3 aromatic rings. The minimum Gasteiger partial charge on any atom is -0.457 e. The summed E-state index contributed by atoms with van der Waals surface area (Å²) in [4.78, 5) is 12.6. The van der Waals surface area contributed by atoms with Crippen LogP contribution in [0.1, 0.15) is 35.2 Å². The summed E-state index contributed by atoms with van der Waals surface area (Å²) in [7, 11) is -3.75. The van der Waals surface area contributed by atoms with Gasteiger partial charge in [-0.2, -0.15) is 4.31 Å². The third-order valence-electron chi connectivity index (χ3n) is 5.34. The summed E-state index contributed by atoms with van der Waals surface area (Å²) >= 11 is 6.19. The van der Waals surface area contributed by atoms with E-state index in [0.717, 1.165) is 35.6 Å². The van der Waals surface area contributed by atoms with Crippen molar-refractivity contribution in [2.45, 2.75) is 30.8 Å². The zero-order valence-corrected chi connectivity index (χ0v) is 18.0. The first kappa shape index (κ1) is 20.8. The van der Waals surface area contributed by atoms with Crippen LogP contribution in [0.2, 0.25) is 5.02 Å². The summed E-state index contributed by atoms with van der Waals surface area (Å²) in [6.07, 6.45) is 2.66. The first-order chi connectivity index (χ1) is 14.5. The van der Waals surface area contributed by atoms with Crippen LogP contribution in [0.5, 0.6) is 0 Å². The molecule has 4 rings (SSSR count). The molecule has 1 heterocycles. The van der Waals surface area contributed by atoms with Crippen molar-refractivity contribution in [3.63, 3.8) is 0 Å². The molecule has 0 atom stereocenters. The molecule has 0 spiro atoms. The number of hydrogen-bond acceptors (Lipinski definition) is 4. The molecule has 1 saturated heterocycles. The standard InChI is InChI=1S/C23H22ClNO4S/c24-21-12-11-18(15-22(21)30(27,28)25-13-4-1-5-14-25)23(26)29-16-19-9-6-8-17-7-2-3-10-20(17)19/h2-3,6-12,15H,1,4-5,13-14,16H2. The van der Waals surface area contributed by atoms with Gasteiger partial charge in [-0.15, -0.1) is 0 Å². The lowest BCUT2D eigenvalue weighted by Gasteiger charge is -2.26. The Balaban J connectivity index is 1.55. The first-order valence-corrected chi connectivity index (χ1v) is 11.7. The maximum absolute atomic E-state index is 13.0. The normalized spacial score (nSPS) is 15.2. The summed E-state index contributed by atoms with van der Waals surface area (Å²) in [5.74, 6) is -0.588. The highest BCUT2D eigenvalue weighted by Crippen LogP contribution is 2.28. The smallest absolute Gasteiger partial charge is 0.338 e. The van der Waals surface area contributed by atoms with E-state index >= 15 is 0 Å². The van der Waals surface area contributed by atoms with Crippen molar-refractivity contribution >= 4 is 38.4 Å². The molecule has 0 unspecified atom stereocenters. The summed E-state index contributed by atoms with van der Waals surface area (Å²) < 4.78 is 32.9. The molecule has 0 N–H and O–H groups in total. The molecule has 1 aliphatic heterocycles. The van der Waals surface area contributed by atoms with Crippen LogP contribution in [0.3, 0.4) is 0 Å². The summed E-state index contributed by atoms with van der Waals surface area (Å²) in [6.45, 7) is 1.03. The summed E-state index contributed by atoms with van der Waals surface area (Å²) in [6, 6.07) is 17.9. The minimum absolute atomic E-state index is 0.0503. The molecule has 0 aliphatic carbocycles. The van der Waals surface area contributed by atoms with Crippen molar-refractivity contribution in [2.24, 2.45) is 0 Å². The Hall–Kier alpha value is -2.41. The van der Waals surface area contributed by atoms with Gasteiger partial charge in [0.25, 0.3) is 0 Å². The molecule has 0 amide bonds. The molecule has 156 valence electrons. The molecule has 3 aromatic carbocycles. The average molecular weight is 444 g/mol. The molecule has 0 aromatic heterocycles. The Bertz CT molecular complexity index is 1180. The van der Waals surface area contributed by atoms with Gasteiger partial charge in [0.1, 0.15) is 11.5 Å². The Morgan fingerprint density at radius 1 is 0.967 bits per heavy atom. The monoisotopic (exact) mass is 443 g/mol. The Morgan fingerprint density at radius 3 is 2.50 bits per heavy atom. The van der Waals surface area contributed by atoms with Crippen LogP contribution in [0.15, 0.2) is 65.6 Å². The van der Waals surface area contributed by atoms with Gasteiger partial charge in [-0.25, -0.2) is 13.2 Å². The second-order valence-electron chi connectivity index (χ2n) is 7.32. The first-order valence-electron chi connectivity index (χ1n) is 9.90. The lowest BCUT2D eigenvalue weighted by molar-refractivity contribution is 0.0474. The molecule has 5 nitrogen and oxygen atoms in total. The van der Waals surface area contributed by atoms with Gasteiger partial charge in [0, 0.05) is 13.1 Å². The lowest BCUT2D eigenvalue weighted by atomic mass is 10.1. The third-order valence-corrected chi connectivity index (χ3v) is 7.72. The Morgan fingerprint density at radius 2 is 1.70 bits per heavy atom. The highest BCUT2D eigenvalue weighted by atomic mass is 35.5. The number of fused-ring (bicyclic) bond motifs is 1. The van der Waals surface area contributed by atoms with Crippen LogP contribution in [0.4, 0.5) is 0 Å². The van der Waals surface area contributed by atoms with E-state index in [1.165, 1.54) is 22.5 Å². The Kier molecular flexibility index (Phi) is 6.09. The zero-order chi connectivity index (χ0) is 21.1. The maximum atomic E-state index is 13.0. The SMILES string of the molecule is O=C(OCc1cccc2ccccc12)c1ccc(Cl)c(S(=O)(=O)N2CCCCC2)c1. The topological polar surface area (TPSA) is 63.7 Å². The fourth-order valence-electron chi connectivity index (χ4n) is 3.72. The van der Waals surface area contributed by atoms with Crippen LogP contribution < -0.4 is 0 Å². The largest absolute Gasteiger partial charge is 0.457 e. The van der Waals surface area contributed by atoms with Gasteiger partial charge in [0.2, 0.25) is 10.0 Å². The van der Waals surface area contributed by atoms with Crippen LogP contribution in [-0.4, -0.2) is 31.8 Å². The number of carbonyl (C=O) groups excluding carboxylic acids is 1. The number of esters is 1. The number of halogens is 1. The second-order valence-corrected chi connectivity index (χ2v) is 9.64. The second kappa shape index (κ2) is 8.76. The molecule has 0 saturated carbocycles. The zero-order valence-electron chi connectivity index (χ0n) is 16.4. The van der Waals surface area contributed by atoms with E-state index in [0.29, 0.717) is 13.1 Å². The lowest BCUT2D eigenvalue weighted by Crippen LogP contribution is -2.35. The molecule has 1 aliphatic rings. The van der Waals surface area contributed by atoms with Gasteiger partial charge in [-0.05, 0) is 47.4 Å². The van der Waals surface area contributed by atoms with Gasteiger partial charge >= 0.3 is 5.97 Å². The number of nitrogens with zero attached hydrogens (tertiary/aromatic N) is 1. The van der Waals surface area contributed by atoms with Gasteiger partial charge in [-0.1, -0.05) is 60.5 Å². The summed E-state index contributed by atoms with van der Waals surface area (Å²) in [5, 5.41) is 2.18. The van der Waals surface area contributed by atoms with E-state index in [9.17, 15) is 13.2 Å². The number of sulfonamides is 1. The highest BCUT2D eigenvalue weighted by Gasteiger charge is 2.29. The van der Waals surface area contributed by atoms with Crippen LogP contribution in [0, 0.1) is 0 Å². The van der Waals surface area contributed by atoms with Crippen molar-refractivity contribution in [1.82, 2.24) is 4.31 Å². The average Bonchev–Trinajstić information content (AvgIpc) is 2.78. The minimum atomic E-state index is -3.75. The Labute approximate surface area is 181 Å². The van der Waals surface area contributed by atoms with Gasteiger partial charge < -0.3 is 4.74 Å². The molecule has 30 heavy (non-hydrogen) atoms. The number of hydrogen-bond donors (Lipinski definition) is 0. The van der Waals surface area contributed by atoms with Crippen LogP contribution in [0.25, 0.3) is 10.8 Å². The molecule has 1 fully saturated rings. The van der Waals surface area contributed by atoms with Gasteiger partial charge in [-0.3, -0.25) is 0 Å².